The summed E-state index contributed by atoms with van der Waals surface area (Å²) >= 11 is 0. The topological polar surface area (TPSA) is 88.2 Å². The van der Waals surface area contributed by atoms with Crippen molar-refractivity contribution in [1.29, 1.82) is 0 Å². The van der Waals surface area contributed by atoms with Gasteiger partial charge < -0.3 is 14.9 Å². The van der Waals surface area contributed by atoms with Crippen LogP contribution in [0.25, 0.3) is 0 Å². The molecule has 1 amide bonds. The quantitative estimate of drug-likeness (QED) is 0.767. The van der Waals surface area contributed by atoms with Crippen molar-refractivity contribution >= 4 is 5.91 Å². The Morgan fingerprint density at radius 2 is 2.17 bits per heavy atom. The SMILES string of the molecule is CCC(C)C(C)(O)CNC(=O)CCc1nc(C2CCCC2)no1. The first-order valence-electron chi connectivity index (χ1n) is 8.74. The molecule has 0 saturated heterocycles. The van der Waals surface area contributed by atoms with Crippen LogP contribution in [0.3, 0.4) is 0 Å². The Labute approximate surface area is 138 Å². The van der Waals surface area contributed by atoms with E-state index in [1.165, 1.54) is 12.8 Å². The second-order valence-corrected chi connectivity index (χ2v) is 6.97. The maximum atomic E-state index is 11.9. The van der Waals surface area contributed by atoms with E-state index in [1.54, 1.807) is 6.92 Å². The normalized spacial score (nSPS) is 19.5. The number of rotatable bonds is 8. The van der Waals surface area contributed by atoms with Gasteiger partial charge in [0.15, 0.2) is 5.82 Å². The third-order valence-electron chi connectivity index (χ3n) is 5.09. The van der Waals surface area contributed by atoms with Crippen molar-refractivity contribution in [3.05, 3.63) is 11.7 Å². The summed E-state index contributed by atoms with van der Waals surface area (Å²) in [6.45, 7) is 6.03. The highest BCUT2D eigenvalue weighted by atomic mass is 16.5. The average Bonchev–Trinajstić information content (AvgIpc) is 3.20. The Hall–Kier alpha value is -1.43. The highest BCUT2D eigenvalue weighted by Crippen LogP contribution is 2.32. The minimum atomic E-state index is -0.884. The average molecular weight is 323 g/mol. The van der Waals surface area contributed by atoms with E-state index >= 15 is 0 Å². The highest BCUT2D eigenvalue weighted by molar-refractivity contribution is 5.76. The molecule has 0 bridgehead atoms. The van der Waals surface area contributed by atoms with E-state index in [2.05, 4.69) is 15.5 Å². The third kappa shape index (κ3) is 5.03. The molecular weight excluding hydrogens is 294 g/mol. The van der Waals surface area contributed by atoms with Crippen molar-refractivity contribution in [3.63, 3.8) is 0 Å². The summed E-state index contributed by atoms with van der Waals surface area (Å²) in [6, 6.07) is 0. The molecule has 1 fully saturated rings. The molecule has 0 radical (unpaired) electrons. The van der Waals surface area contributed by atoms with Crippen LogP contribution in [0.15, 0.2) is 4.52 Å². The molecule has 1 aliphatic rings. The molecule has 23 heavy (non-hydrogen) atoms. The number of aliphatic hydroxyl groups is 1. The third-order valence-corrected chi connectivity index (χ3v) is 5.09. The molecule has 0 aromatic carbocycles. The van der Waals surface area contributed by atoms with E-state index in [-0.39, 0.29) is 18.4 Å². The number of hydrogen-bond acceptors (Lipinski definition) is 5. The largest absolute Gasteiger partial charge is 0.388 e. The van der Waals surface area contributed by atoms with Gasteiger partial charge in [-0.3, -0.25) is 4.79 Å². The van der Waals surface area contributed by atoms with Gasteiger partial charge in [-0.05, 0) is 25.7 Å². The van der Waals surface area contributed by atoms with Crippen LogP contribution in [0.1, 0.15) is 76.9 Å². The summed E-state index contributed by atoms with van der Waals surface area (Å²) in [5, 5.41) is 17.1. The second kappa shape index (κ2) is 7.90. The molecule has 2 N–H and O–H groups in total. The molecule has 1 aromatic heterocycles. The standard InChI is InChI=1S/C17H29N3O3/c1-4-12(2)17(3,22)11-18-14(21)9-10-15-19-16(20-23-15)13-7-5-6-8-13/h12-13,22H,4-11H2,1-3H3,(H,18,21). The van der Waals surface area contributed by atoms with Crippen LogP contribution in [0.4, 0.5) is 0 Å². The number of aromatic nitrogens is 2. The zero-order chi connectivity index (χ0) is 16.9. The molecule has 1 heterocycles. The van der Waals surface area contributed by atoms with Gasteiger partial charge >= 0.3 is 0 Å². The number of nitrogens with one attached hydrogen (secondary N) is 1. The summed E-state index contributed by atoms with van der Waals surface area (Å²) in [7, 11) is 0. The van der Waals surface area contributed by atoms with Crippen LogP contribution in [-0.2, 0) is 11.2 Å². The molecule has 2 atom stereocenters. The van der Waals surface area contributed by atoms with E-state index in [4.69, 9.17) is 4.52 Å². The Morgan fingerprint density at radius 1 is 1.48 bits per heavy atom. The van der Waals surface area contributed by atoms with Crippen molar-refractivity contribution in [2.24, 2.45) is 5.92 Å². The lowest BCUT2D eigenvalue weighted by atomic mass is 9.88. The van der Waals surface area contributed by atoms with Crippen molar-refractivity contribution in [3.8, 4) is 0 Å². The van der Waals surface area contributed by atoms with Crippen molar-refractivity contribution in [1.82, 2.24) is 15.5 Å². The molecular formula is C17H29N3O3. The molecule has 1 aromatic rings. The minimum absolute atomic E-state index is 0.103. The lowest BCUT2D eigenvalue weighted by molar-refractivity contribution is -0.122. The van der Waals surface area contributed by atoms with Gasteiger partial charge in [-0.1, -0.05) is 38.3 Å². The van der Waals surface area contributed by atoms with E-state index in [9.17, 15) is 9.90 Å². The fourth-order valence-electron chi connectivity index (χ4n) is 2.92. The Balaban J connectivity index is 1.74. The lowest BCUT2D eigenvalue weighted by Crippen LogP contribution is -2.45. The van der Waals surface area contributed by atoms with Gasteiger partial charge in [0.25, 0.3) is 0 Å². The van der Waals surface area contributed by atoms with Crippen LogP contribution in [-0.4, -0.2) is 33.3 Å². The van der Waals surface area contributed by atoms with Gasteiger partial charge in [-0.15, -0.1) is 0 Å². The summed E-state index contributed by atoms with van der Waals surface area (Å²) in [6.07, 6.45) is 6.32. The first-order chi connectivity index (χ1) is 10.9. The Morgan fingerprint density at radius 3 is 2.83 bits per heavy atom. The van der Waals surface area contributed by atoms with Gasteiger partial charge in [0.2, 0.25) is 11.8 Å². The zero-order valence-electron chi connectivity index (χ0n) is 14.5. The number of carbonyl (C=O) groups excluding carboxylic acids is 1. The number of hydrogen-bond donors (Lipinski definition) is 2. The molecule has 6 nitrogen and oxygen atoms in total. The van der Waals surface area contributed by atoms with Crippen molar-refractivity contribution in [2.75, 3.05) is 6.54 Å². The van der Waals surface area contributed by atoms with Gasteiger partial charge in [0.05, 0.1) is 5.60 Å². The first-order valence-corrected chi connectivity index (χ1v) is 8.74. The summed E-state index contributed by atoms with van der Waals surface area (Å²) in [5.74, 6) is 1.77. The zero-order valence-corrected chi connectivity index (χ0v) is 14.5. The molecule has 6 heteroatoms. The maximum Gasteiger partial charge on any atom is 0.227 e. The lowest BCUT2D eigenvalue weighted by Gasteiger charge is -2.29. The van der Waals surface area contributed by atoms with E-state index in [0.29, 0.717) is 24.7 Å². The summed E-state index contributed by atoms with van der Waals surface area (Å²) in [5.41, 5.74) is -0.884. The van der Waals surface area contributed by atoms with Gasteiger partial charge in [0, 0.05) is 25.3 Å². The van der Waals surface area contributed by atoms with E-state index in [0.717, 1.165) is 25.1 Å². The number of nitrogens with zero attached hydrogens (tertiary/aromatic N) is 2. The second-order valence-electron chi connectivity index (χ2n) is 6.97. The first kappa shape index (κ1) is 17.9. The highest BCUT2D eigenvalue weighted by Gasteiger charge is 2.27. The smallest absolute Gasteiger partial charge is 0.227 e. The van der Waals surface area contributed by atoms with Gasteiger partial charge in [-0.2, -0.15) is 4.98 Å². The predicted molar refractivity (Wildman–Crippen MR) is 86.9 cm³/mol. The molecule has 1 saturated carbocycles. The minimum Gasteiger partial charge on any atom is -0.388 e. The summed E-state index contributed by atoms with van der Waals surface area (Å²) in [4.78, 5) is 16.3. The van der Waals surface area contributed by atoms with Gasteiger partial charge in [-0.25, -0.2) is 0 Å². The van der Waals surface area contributed by atoms with Crippen LogP contribution < -0.4 is 5.32 Å². The molecule has 1 aliphatic carbocycles. The Bertz CT molecular complexity index is 507. The fourth-order valence-corrected chi connectivity index (χ4v) is 2.92. The monoisotopic (exact) mass is 323 g/mol. The van der Waals surface area contributed by atoms with Crippen molar-refractivity contribution < 1.29 is 14.4 Å². The molecule has 2 rings (SSSR count). The van der Waals surface area contributed by atoms with Crippen LogP contribution in [0, 0.1) is 5.92 Å². The number of aryl methyl sites for hydroxylation is 1. The molecule has 130 valence electrons. The molecule has 0 spiro atoms. The van der Waals surface area contributed by atoms with Crippen LogP contribution in [0.2, 0.25) is 0 Å². The fraction of sp³-hybridized carbons (Fsp3) is 0.824. The van der Waals surface area contributed by atoms with Crippen LogP contribution >= 0.6 is 0 Å². The van der Waals surface area contributed by atoms with Crippen molar-refractivity contribution in [2.45, 2.75) is 77.2 Å². The van der Waals surface area contributed by atoms with Gasteiger partial charge in [0.1, 0.15) is 0 Å². The van der Waals surface area contributed by atoms with Crippen LogP contribution in [0.5, 0.6) is 0 Å². The van der Waals surface area contributed by atoms with E-state index in [1.807, 2.05) is 13.8 Å². The van der Waals surface area contributed by atoms with E-state index < -0.39 is 5.60 Å². The number of amides is 1. The molecule has 2 unspecified atom stereocenters. The number of carbonyl (C=O) groups is 1. The molecule has 0 aliphatic heterocycles. The summed E-state index contributed by atoms with van der Waals surface area (Å²) < 4.78 is 5.24. The Kier molecular flexibility index (Phi) is 6.16. The predicted octanol–water partition coefficient (Wildman–Crippen LogP) is 2.57. The maximum absolute atomic E-state index is 11.9.